The summed E-state index contributed by atoms with van der Waals surface area (Å²) < 4.78 is 18.4. The number of hydrogen-bond acceptors (Lipinski definition) is 5. The Morgan fingerprint density at radius 2 is 2.21 bits per heavy atom. The SMILES string of the molecule is Cc1nnc(C2SC(c3cccc(F)c3)=NC2=O)o1. The molecule has 0 bridgehead atoms. The molecule has 19 heavy (non-hydrogen) atoms. The molecule has 2 aromatic rings. The molecule has 0 aliphatic carbocycles. The highest BCUT2D eigenvalue weighted by atomic mass is 32.2. The number of aryl methyl sites for hydroxylation is 1. The number of thioether (sulfide) groups is 1. The zero-order valence-electron chi connectivity index (χ0n) is 9.83. The first kappa shape index (κ1) is 12.0. The first-order chi connectivity index (χ1) is 9.13. The van der Waals surface area contributed by atoms with Gasteiger partial charge in [-0.3, -0.25) is 4.79 Å². The Labute approximate surface area is 111 Å². The monoisotopic (exact) mass is 277 g/mol. The van der Waals surface area contributed by atoms with Gasteiger partial charge in [-0.2, -0.15) is 0 Å². The highest BCUT2D eigenvalue weighted by molar-refractivity contribution is 8.15. The summed E-state index contributed by atoms with van der Waals surface area (Å²) in [6.45, 7) is 1.65. The minimum absolute atomic E-state index is 0.225. The van der Waals surface area contributed by atoms with Gasteiger partial charge in [0.2, 0.25) is 11.8 Å². The van der Waals surface area contributed by atoms with Crippen LogP contribution in [0.25, 0.3) is 0 Å². The van der Waals surface area contributed by atoms with Crippen molar-refractivity contribution in [1.29, 1.82) is 0 Å². The van der Waals surface area contributed by atoms with Gasteiger partial charge < -0.3 is 4.42 Å². The van der Waals surface area contributed by atoms with E-state index in [1.54, 1.807) is 19.1 Å². The molecule has 1 unspecified atom stereocenters. The van der Waals surface area contributed by atoms with Crippen molar-refractivity contribution in [2.45, 2.75) is 12.2 Å². The molecule has 0 spiro atoms. The van der Waals surface area contributed by atoms with Crippen LogP contribution >= 0.6 is 11.8 Å². The molecule has 0 fully saturated rings. The van der Waals surface area contributed by atoms with Crippen LogP contribution in [0, 0.1) is 12.7 Å². The summed E-state index contributed by atoms with van der Waals surface area (Å²) in [5.74, 6) is -0.122. The summed E-state index contributed by atoms with van der Waals surface area (Å²) in [5, 5.41) is 7.33. The Morgan fingerprint density at radius 3 is 2.89 bits per heavy atom. The number of carbonyl (C=O) groups excluding carboxylic acids is 1. The van der Waals surface area contributed by atoms with Crippen molar-refractivity contribution in [2.75, 3.05) is 0 Å². The minimum atomic E-state index is -0.639. The molecule has 1 aliphatic rings. The maximum Gasteiger partial charge on any atom is 0.269 e. The maximum absolute atomic E-state index is 13.2. The van der Waals surface area contributed by atoms with E-state index in [9.17, 15) is 9.18 Å². The van der Waals surface area contributed by atoms with E-state index in [1.807, 2.05) is 0 Å². The van der Waals surface area contributed by atoms with Crippen molar-refractivity contribution in [3.05, 3.63) is 47.4 Å². The number of carbonyl (C=O) groups is 1. The molecule has 0 saturated carbocycles. The van der Waals surface area contributed by atoms with Gasteiger partial charge >= 0.3 is 0 Å². The Morgan fingerprint density at radius 1 is 1.37 bits per heavy atom. The average Bonchev–Trinajstić information content (AvgIpc) is 2.95. The quantitative estimate of drug-likeness (QED) is 0.842. The van der Waals surface area contributed by atoms with Gasteiger partial charge in [0.1, 0.15) is 10.9 Å². The number of benzene rings is 1. The molecule has 0 radical (unpaired) electrons. The van der Waals surface area contributed by atoms with Crippen LogP contribution in [0.4, 0.5) is 4.39 Å². The molecule has 1 aliphatic heterocycles. The van der Waals surface area contributed by atoms with Gasteiger partial charge in [0.15, 0.2) is 5.25 Å². The zero-order chi connectivity index (χ0) is 13.4. The van der Waals surface area contributed by atoms with Crippen LogP contribution in [0.15, 0.2) is 33.7 Å². The van der Waals surface area contributed by atoms with Gasteiger partial charge in [-0.05, 0) is 12.1 Å². The third-order valence-corrected chi connectivity index (χ3v) is 3.69. The van der Waals surface area contributed by atoms with Crippen molar-refractivity contribution < 1.29 is 13.6 Å². The average molecular weight is 277 g/mol. The van der Waals surface area contributed by atoms with E-state index in [1.165, 1.54) is 23.9 Å². The number of amides is 1. The fourth-order valence-corrected chi connectivity index (χ4v) is 2.65. The Bertz CT molecular complexity index is 683. The second kappa shape index (κ2) is 4.58. The third kappa shape index (κ3) is 2.28. The molecule has 7 heteroatoms. The number of aromatic nitrogens is 2. The van der Waals surface area contributed by atoms with Crippen molar-refractivity contribution in [1.82, 2.24) is 10.2 Å². The predicted octanol–water partition coefficient (Wildman–Crippen LogP) is 2.28. The van der Waals surface area contributed by atoms with E-state index in [0.717, 1.165) is 0 Å². The first-order valence-electron chi connectivity index (χ1n) is 5.48. The summed E-state index contributed by atoms with van der Waals surface area (Å²) in [7, 11) is 0. The molecule has 0 saturated heterocycles. The molecule has 1 aromatic carbocycles. The fourth-order valence-electron chi connectivity index (χ4n) is 1.68. The van der Waals surface area contributed by atoms with Crippen LogP contribution < -0.4 is 0 Å². The van der Waals surface area contributed by atoms with E-state index in [4.69, 9.17) is 4.42 Å². The Balaban J connectivity index is 1.88. The highest BCUT2D eigenvalue weighted by Gasteiger charge is 2.34. The normalized spacial score (nSPS) is 18.7. The Kier molecular flexibility index (Phi) is 2.90. The second-order valence-electron chi connectivity index (χ2n) is 3.92. The van der Waals surface area contributed by atoms with Crippen LogP contribution in [0.5, 0.6) is 0 Å². The van der Waals surface area contributed by atoms with Crippen LogP contribution in [0.1, 0.15) is 22.6 Å². The number of hydrogen-bond donors (Lipinski definition) is 0. The lowest BCUT2D eigenvalue weighted by atomic mass is 10.2. The van der Waals surface area contributed by atoms with Gasteiger partial charge in [0.05, 0.1) is 0 Å². The van der Waals surface area contributed by atoms with Crippen molar-refractivity contribution in [3.8, 4) is 0 Å². The van der Waals surface area contributed by atoms with Crippen LogP contribution in [-0.4, -0.2) is 21.1 Å². The number of nitrogens with zero attached hydrogens (tertiary/aromatic N) is 3. The summed E-state index contributed by atoms with van der Waals surface area (Å²) in [5.41, 5.74) is 0.567. The highest BCUT2D eigenvalue weighted by Crippen LogP contribution is 2.37. The fraction of sp³-hybridized carbons (Fsp3) is 0.167. The molecule has 5 nitrogen and oxygen atoms in total. The van der Waals surface area contributed by atoms with Crippen molar-refractivity contribution in [3.63, 3.8) is 0 Å². The lowest BCUT2D eigenvalue weighted by molar-refractivity contribution is -0.117. The van der Waals surface area contributed by atoms with E-state index < -0.39 is 5.25 Å². The second-order valence-corrected chi connectivity index (χ2v) is 5.02. The summed E-state index contributed by atoms with van der Waals surface area (Å²) >= 11 is 1.18. The van der Waals surface area contributed by atoms with Crippen LogP contribution in [0.2, 0.25) is 0 Å². The van der Waals surface area contributed by atoms with Gasteiger partial charge in [0.25, 0.3) is 5.91 Å². The lowest BCUT2D eigenvalue weighted by Gasteiger charge is -2.01. The first-order valence-corrected chi connectivity index (χ1v) is 6.36. The van der Waals surface area contributed by atoms with Crippen molar-refractivity contribution >= 4 is 22.7 Å². The Hall–Kier alpha value is -2.02. The topological polar surface area (TPSA) is 68.3 Å². The zero-order valence-corrected chi connectivity index (χ0v) is 10.6. The molecule has 1 amide bonds. The molecule has 1 aromatic heterocycles. The van der Waals surface area contributed by atoms with E-state index >= 15 is 0 Å². The van der Waals surface area contributed by atoms with Crippen molar-refractivity contribution in [2.24, 2.45) is 4.99 Å². The lowest BCUT2D eigenvalue weighted by Crippen LogP contribution is -2.01. The number of rotatable bonds is 2. The molecule has 96 valence electrons. The third-order valence-electron chi connectivity index (χ3n) is 2.50. The molecule has 1 atom stereocenters. The summed E-state index contributed by atoms with van der Waals surface area (Å²) in [4.78, 5) is 15.7. The van der Waals surface area contributed by atoms with E-state index in [0.29, 0.717) is 16.5 Å². The standard InChI is InChI=1S/C12H8FN3O2S/c1-6-15-16-11(18-6)9-10(17)14-12(19-9)7-3-2-4-8(13)5-7/h2-5,9H,1H3. The van der Waals surface area contributed by atoms with E-state index in [-0.39, 0.29) is 17.6 Å². The molecule has 0 N–H and O–H groups in total. The van der Waals surface area contributed by atoms with Gasteiger partial charge in [0, 0.05) is 12.5 Å². The van der Waals surface area contributed by atoms with Gasteiger partial charge in [-0.25, -0.2) is 9.38 Å². The predicted molar refractivity (Wildman–Crippen MR) is 67.3 cm³/mol. The van der Waals surface area contributed by atoms with Gasteiger partial charge in [-0.1, -0.05) is 23.9 Å². The van der Waals surface area contributed by atoms with E-state index in [2.05, 4.69) is 15.2 Å². The van der Waals surface area contributed by atoms with Gasteiger partial charge in [-0.15, -0.1) is 10.2 Å². The summed E-state index contributed by atoms with van der Waals surface area (Å²) in [6.07, 6.45) is 0. The number of halogens is 1. The van der Waals surface area contributed by atoms with Crippen LogP contribution in [-0.2, 0) is 4.79 Å². The number of aliphatic imine (C=N–C) groups is 1. The minimum Gasteiger partial charge on any atom is -0.424 e. The maximum atomic E-state index is 13.2. The smallest absolute Gasteiger partial charge is 0.269 e. The molecular formula is C12H8FN3O2S. The molecular weight excluding hydrogens is 269 g/mol. The molecule has 2 heterocycles. The summed E-state index contributed by atoms with van der Waals surface area (Å²) in [6, 6.07) is 5.94. The largest absolute Gasteiger partial charge is 0.424 e. The molecule has 3 rings (SSSR count). The van der Waals surface area contributed by atoms with Crippen LogP contribution in [0.3, 0.4) is 0 Å².